The molecule has 10 aromatic carbocycles. The van der Waals surface area contributed by atoms with Crippen LogP contribution < -0.4 is 4.90 Å². The van der Waals surface area contributed by atoms with E-state index in [2.05, 4.69) is 164 Å². The summed E-state index contributed by atoms with van der Waals surface area (Å²) in [6.45, 7) is 0. The van der Waals surface area contributed by atoms with E-state index >= 15 is 0 Å². The molecule has 0 amide bonds. The molecular weight excluding hydrogens is 723 g/mol. The third-order valence-electron chi connectivity index (χ3n) is 12.0. The van der Waals surface area contributed by atoms with Gasteiger partial charge in [-0.3, -0.25) is 0 Å². The Balaban J connectivity index is 1.15. The van der Waals surface area contributed by atoms with E-state index in [0.717, 1.165) is 72.2 Å². The summed E-state index contributed by atoms with van der Waals surface area (Å²) in [5, 5.41) is 2.02. The van der Waals surface area contributed by atoms with Crippen LogP contribution in [0.4, 0.5) is 17.1 Å². The third-order valence-corrected chi connectivity index (χ3v) is 12.0. The van der Waals surface area contributed by atoms with Crippen LogP contribution in [0, 0.1) is 0 Å². The number of hydrogen-bond donors (Lipinski definition) is 0. The molecule has 0 fully saturated rings. The zero-order chi connectivity index (χ0) is 43.4. The van der Waals surface area contributed by atoms with E-state index in [1.54, 1.807) is 0 Å². The van der Waals surface area contributed by atoms with Crippen LogP contribution in [0.3, 0.4) is 0 Å². The van der Waals surface area contributed by atoms with E-state index in [9.17, 15) is 5.48 Å². The number of benzene rings is 10. The molecular formula is C59H41N. The van der Waals surface area contributed by atoms with Gasteiger partial charge in [0.25, 0.3) is 0 Å². The predicted molar refractivity (Wildman–Crippen MR) is 252 cm³/mol. The number of nitrogens with zero attached hydrogens (tertiary/aromatic N) is 1. The van der Waals surface area contributed by atoms with Crippen LogP contribution in [0.2, 0.25) is 0 Å². The molecule has 0 N–H and O–H groups in total. The highest BCUT2D eigenvalue weighted by Crippen LogP contribution is 2.57. The van der Waals surface area contributed by atoms with Crippen molar-refractivity contribution < 1.29 is 5.48 Å². The van der Waals surface area contributed by atoms with Gasteiger partial charge in [0.2, 0.25) is 0 Å². The van der Waals surface area contributed by atoms with Gasteiger partial charge < -0.3 is 4.90 Å². The lowest BCUT2D eigenvalue weighted by Gasteiger charge is -2.35. The van der Waals surface area contributed by atoms with Gasteiger partial charge in [-0.25, -0.2) is 0 Å². The highest BCUT2D eigenvalue weighted by Gasteiger charge is 2.46. The minimum Gasteiger partial charge on any atom is -0.310 e. The van der Waals surface area contributed by atoms with Gasteiger partial charge in [0.15, 0.2) is 0 Å². The van der Waals surface area contributed by atoms with Crippen molar-refractivity contribution in [1.82, 2.24) is 0 Å². The molecule has 0 aliphatic heterocycles. The largest absolute Gasteiger partial charge is 0.310 e. The lowest BCUT2D eigenvalue weighted by Crippen LogP contribution is -2.28. The van der Waals surface area contributed by atoms with Gasteiger partial charge in [0, 0.05) is 17.1 Å². The Morgan fingerprint density at radius 2 is 0.883 bits per heavy atom. The van der Waals surface area contributed by atoms with Crippen LogP contribution in [0.25, 0.3) is 55.3 Å². The highest BCUT2D eigenvalue weighted by molar-refractivity contribution is 5.91. The summed E-state index contributed by atoms with van der Waals surface area (Å²) in [6.07, 6.45) is 0. The summed E-state index contributed by atoms with van der Waals surface area (Å²) in [5.74, 6) is 0. The van der Waals surface area contributed by atoms with E-state index in [0.29, 0.717) is 11.1 Å². The first-order chi connectivity index (χ1) is 31.4. The second-order valence-electron chi connectivity index (χ2n) is 15.4. The van der Waals surface area contributed by atoms with E-state index in [1.807, 2.05) is 65.6 Å². The molecule has 0 heterocycles. The lowest BCUT2D eigenvalue weighted by molar-refractivity contribution is 0.768. The predicted octanol–water partition coefficient (Wildman–Crippen LogP) is 15.7. The average molecular weight is 768 g/mol. The number of anilines is 3. The fraction of sp³-hybridized carbons (Fsp3) is 0.0169. The van der Waals surface area contributed by atoms with Crippen LogP contribution in [0.15, 0.2) is 249 Å². The van der Waals surface area contributed by atoms with Gasteiger partial charge in [-0.2, -0.15) is 0 Å². The summed E-state index contributed by atoms with van der Waals surface area (Å²) < 4.78 is 38.2. The Hall–Kier alpha value is -7.74. The first-order valence-electron chi connectivity index (χ1n) is 22.4. The summed E-state index contributed by atoms with van der Waals surface area (Å²) in [6, 6.07) is 76.9. The SMILES string of the molecule is [2H]c1c([2H])c(-c2ccc3ccccc3c2)c([2H])c(N(c2ccc(-c3cccc(-c4ccccc4)c3)cc2)c2ccc3c(c2)C(c2ccccc2)(c2ccccc2)c2ccccc2-3)c1[2H]. The van der Waals surface area contributed by atoms with E-state index in [-0.39, 0.29) is 29.9 Å². The fourth-order valence-corrected chi connectivity index (χ4v) is 9.23. The molecule has 1 aliphatic carbocycles. The summed E-state index contributed by atoms with van der Waals surface area (Å²) >= 11 is 0. The molecule has 1 heteroatoms. The fourth-order valence-electron chi connectivity index (χ4n) is 9.23. The number of fused-ring (bicyclic) bond motifs is 4. The lowest BCUT2D eigenvalue weighted by atomic mass is 9.67. The van der Waals surface area contributed by atoms with E-state index in [4.69, 9.17) is 0 Å². The van der Waals surface area contributed by atoms with Crippen LogP contribution in [0.1, 0.15) is 27.7 Å². The van der Waals surface area contributed by atoms with Crippen LogP contribution in [-0.2, 0) is 5.41 Å². The second kappa shape index (κ2) is 14.9. The molecule has 10 aromatic rings. The van der Waals surface area contributed by atoms with Gasteiger partial charge in [0.1, 0.15) is 0 Å². The van der Waals surface area contributed by atoms with Crippen molar-refractivity contribution in [3.8, 4) is 44.5 Å². The molecule has 1 nitrogen and oxygen atoms in total. The minimum atomic E-state index is -0.681. The van der Waals surface area contributed by atoms with E-state index in [1.165, 1.54) is 5.56 Å². The van der Waals surface area contributed by atoms with Crippen LogP contribution >= 0.6 is 0 Å². The van der Waals surface area contributed by atoms with Gasteiger partial charge in [0.05, 0.1) is 10.9 Å². The zero-order valence-corrected chi connectivity index (χ0v) is 32.8. The molecule has 1 aliphatic rings. The molecule has 60 heavy (non-hydrogen) atoms. The monoisotopic (exact) mass is 767 g/mol. The number of hydrogen-bond acceptors (Lipinski definition) is 1. The third kappa shape index (κ3) is 6.03. The maximum absolute atomic E-state index is 10.0. The van der Waals surface area contributed by atoms with Crippen molar-refractivity contribution in [3.63, 3.8) is 0 Å². The summed E-state index contributed by atoms with van der Waals surface area (Å²) in [5.41, 5.74) is 13.2. The van der Waals surface area contributed by atoms with Crippen molar-refractivity contribution in [2.24, 2.45) is 0 Å². The molecule has 0 spiro atoms. The molecule has 0 aromatic heterocycles. The maximum Gasteiger partial charge on any atom is 0.0714 e. The van der Waals surface area contributed by atoms with Gasteiger partial charge >= 0.3 is 0 Å². The summed E-state index contributed by atoms with van der Waals surface area (Å²) in [4.78, 5) is 1.96. The quantitative estimate of drug-likeness (QED) is 0.149. The Morgan fingerprint density at radius 3 is 1.62 bits per heavy atom. The molecule has 0 saturated heterocycles. The molecule has 0 atom stereocenters. The van der Waals surface area contributed by atoms with Gasteiger partial charge in [-0.05, 0) is 126 Å². The Kier molecular flexibility index (Phi) is 7.76. The molecule has 0 saturated carbocycles. The van der Waals surface area contributed by atoms with Gasteiger partial charge in [-0.1, -0.05) is 200 Å². The topological polar surface area (TPSA) is 3.24 Å². The number of rotatable bonds is 8. The summed E-state index contributed by atoms with van der Waals surface area (Å²) in [7, 11) is 0. The molecule has 282 valence electrons. The second-order valence-corrected chi connectivity index (χ2v) is 15.4. The highest BCUT2D eigenvalue weighted by atomic mass is 15.1. The van der Waals surface area contributed by atoms with Gasteiger partial charge in [-0.15, -0.1) is 0 Å². The Bertz CT molecular complexity index is 3330. The standard InChI is InChI=1S/C59H41N/c1-4-16-42(17-5-1)46-20-14-21-47(38-46)44-32-34-52(35-33-44)60(53-27-15-22-48(40-53)49-31-30-43-18-10-11-19-45(43)39-49)54-36-37-56-55-28-12-13-29-57(55)59(58(56)41-54,50-23-6-2-7-24-50)51-25-8-3-9-26-51/h1-41H/i15D,22D,27D,40D. The van der Waals surface area contributed by atoms with Crippen molar-refractivity contribution in [2.75, 3.05) is 4.90 Å². The van der Waals surface area contributed by atoms with Crippen molar-refractivity contribution in [2.45, 2.75) is 5.41 Å². The molecule has 0 unspecified atom stereocenters. The minimum absolute atomic E-state index is 0.0158. The average Bonchev–Trinajstić information content (AvgIpc) is 3.66. The smallest absolute Gasteiger partial charge is 0.0714 e. The van der Waals surface area contributed by atoms with Crippen molar-refractivity contribution >= 4 is 27.8 Å². The van der Waals surface area contributed by atoms with Crippen LogP contribution in [-0.4, -0.2) is 0 Å². The maximum atomic E-state index is 10.0. The van der Waals surface area contributed by atoms with Crippen LogP contribution in [0.5, 0.6) is 0 Å². The van der Waals surface area contributed by atoms with Crippen molar-refractivity contribution in [1.29, 1.82) is 0 Å². The zero-order valence-electron chi connectivity index (χ0n) is 36.8. The first kappa shape index (κ1) is 31.3. The Labute approximate surface area is 357 Å². The Morgan fingerprint density at radius 1 is 0.333 bits per heavy atom. The normalized spacial score (nSPS) is 13.4. The molecule has 0 bridgehead atoms. The molecule has 0 radical (unpaired) electrons. The molecule has 11 rings (SSSR count). The van der Waals surface area contributed by atoms with E-state index < -0.39 is 5.41 Å². The van der Waals surface area contributed by atoms with Crippen molar-refractivity contribution in [3.05, 3.63) is 271 Å². The first-order valence-corrected chi connectivity index (χ1v) is 20.4.